The molecule has 4 nitrogen and oxygen atoms in total. The zero-order valence-electron chi connectivity index (χ0n) is 10.6. The Morgan fingerprint density at radius 1 is 1.50 bits per heavy atom. The van der Waals surface area contributed by atoms with Gasteiger partial charge in [-0.15, -0.1) is 6.42 Å². The van der Waals surface area contributed by atoms with E-state index in [0.717, 1.165) is 5.56 Å². The van der Waals surface area contributed by atoms with Crippen molar-refractivity contribution < 1.29 is 9.53 Å². The summed E-state index contributed by atoms with van der Waals surface area (Å²) < 4.78 is 5.60. The maximum absolute atomic E-state index is 11.6. The topological polar surface area (TPSA) is 64.3 Å². The van der Waals surface area contributed by atoms with Gasteiger partial charge in [-0.1, -0.05) is 24.1 Å². The quantitative estimate of drug-likeness (QED) is 0.768. The average molecular weight is 246 g/mol. The van der Waals surface area contributed by atoms with E-state index >= 15 is 0 Å². The minimum atomic E-state index is -0.613. The van der Waals surface area contributed by atoms with E-state index in [9.17, 15) is 4.79 Å². The molecule has 0 aliphatic heterocycles. The number of amides is 1. The van der Waals surface area contributed by atoms with Crippen molar-refractivity contribution in [2.75, 3.05) is 6.54 Å². The summed E-state index contributed by atoms with van der Waals surface area (Å²) in [5, 5.41) is 2.57. The minimum Gasteiger partial charge on any atom is -0.481 e. The Morgan fingerprint density at radius 3 is 2.78 bits per heavy atom. The van der Waals surface area contributed by atoms with Crippen molar-refractivity contribution in [2.24, 2.45) is 5.73 Å². The summed E-state index contributed by atoms with van der Waals surface area (Å²) in [6, 6.07) is 7.25. The monoisotopic (exact) mass is 246 g/mol. The van der Waals surface area contributed by atoms with Crippen molar-refractivity contribution in [2.45, 2.75) is 26.0 Å². The third-order valence-electron chi connectivity index (χ3n) is 2.45. The van der Waals surface area contributed by atoms with Crippen LogP contribution >= 0.6 is 0 Å². The van der Waals surface area contributed by atoms with Crippen molar-refractivity contribution in [3.8, 4) is 18.1 Å². The summed E-state index contributed by atoms with van der Waals surface area (Å²) in [5.74, 6) is 2.72. The van der Waals surface area contributed by atoms with Gasteiger partial charge in [-0.25, -0.2) is 0 Å². The van der Waals surface area contributed by atoms with Crippen LogP contribution in [0, 0.1) is 12.3 Å². The average Bonchev–Trinajstić information content (AvgIpc) is 2.36. The van der Waals surface area contributed by atoms with Crippen LogP contribution in [0.1, 0.15) is 25.5 Å². The first-order chi connectivity index (χ1) is 8.56. The van der Waals surface area contributed by atoms with Crippen LogP contribution in [-0.4, -0.2) is 18.6 Å². The number of carbonyl (C=O) groups is 1. The minimum absolute atomic E-state index is 0.151. The molecular formula is C14H18N2O2. The molecule has 0 saturated heterocycles. The zero-order valence-corrected chi connectivity index (χ0v) is 10.6. The molecule has 0 fully saturated rings. The molecule has 18 heavy (non-hydrogen) atoms. The van der Waals surface area contributed by atoms with Gasteiger partial charge in [0, 0.05) is 11.6 Å². The number of carbonyl (C=O) groups excluding carboxylic acids is 1. The maximum Gasteiger partial charge on any atom is 0.261 e. The summed E-state index contributed by atoms with van der Waals surface area (Å²) in [4.78, 5) is 11.6. The maximum atomic E-state index is 11.6. The smallest absolute Gasteiger partial charge is 0.261 e. The summed E-state index contributed by atoms with van der Waals surface area (Å²) in [6.45, 7) is 3.73. The molecular weight excluding hydrogens is 228 g/mol. The number of hydrogen-bond donors (Lipinski definition) is 2. The second kappa shape index (κ2) is 6.67. The molecule has 2 unspecified atom stereocenters. The van der Waals surface area contributed by atoms with E-state index in [1.165, 1.54) is 0 Å². The van der Waals surface area contributed by atoms with Crippen LogP contribution in [-0.2, 0) is 4.79 Å². The number of hydrogen-bond acceptors (Lipinski definition) is 3. The molecule has 4 heteroatoms. The summed E-state index contributed by atoms with van der Waals surface area (Å²) in [6.07, 6.45) is 4.46. The second-order valence-electron chi connectivity index (χ2n) is 4.01. The highest BCUT2D eigenvalue weighted by Gasteiger charge is 2.16. The van der Waals surface area contributed by atoms with Crippen molar-refractivity contribution in [3.05, 3.63) is 29.8 Å². The summed E-state index contributed by atoms with van der Waals surface area (Å²) >= 11 is 0. The number of rotatable bonds is 5. The fraction of sp³-hybridized carbons (Fsp3) is 0.357. The summed E-state index contributed by atoms with van der Waals surface area (Å²) in [5.41, 5.74) is 6.71. The number of ether oxygens (including phenoxy) is 1. The van der Waals surface area contributed by atoms with E-state index in [1.54, 1.807) is 13.0 Å². The molecule has 0 aliphatic carbocycles. The molecule has 0 aliphatic rings. The molecule has 1 rings (SSSR count). The second-order valence-corrected chi connectivity index (χ2v) is 4.01. The zero-order chi connectivity index (χ0) is 13.5. The van der Waals surface area contributed by atoms with Gasteiger partial charge >= 0.3 is 0 Å². The number of nitrogens with one attached hydrogen (secondary N) is 1. The lowest BCUT2D eigenvalue weighted by atomic mass is 10.1. The molecule has 0 saturated carbocycles. The normalized spacial score (nSPS) is 13.2. The number of nitrogens with two attached hydrogens (primary N) is 1. The van der Waals surface area contributed by atoms with E-state index in [4.69, 9.17) is 16.9 Å². The molecule has 1 aromatic rings. The first-order valence-corrected chi connectivity index (χ1v) is 5.78. The van der Waals surface area contributed by atoms with Crippen LogP contribution in [0.4, 0.5) is 0 Å². The van der Waals surface area contributed by atoms with Gasteiger partial charge in [-0.05, 0) is 19.9 Å². The van der Waals surface area contributed by atoms with Crippen LogP contribution in [0.2, 0.25) is 0 Å². The Morgan fingerprint density at radius 2 is 2.17 bits per heavy atom. The number of benzene rings is 1. The molecule has 96 valence electrons. The lowest BCUT2D eigenvalue weighted by Crippen LogP contribution is -2.36. The Bertz CT molecular complexity index is 449. The Balaban J connectivity index is 2.73. The molecule has 0 radical (unpaired) electrons. The molecule has 1 aromatic carbocycles. The SMILES string of the molecule is C#CCNC(=O)C(C)Oc1ccccc1C(C)N. The van der Waals surface area contributed by atoms with E-state index in [0.29, 0.717) is 5.75 Å². The van der Waals surface area contributed by atoms with E-state index in [1.807, 2.05) is 25.1 Å². The van der Waals surface area contributed by atoms with Crippen LogP contribution < -0.4 is 15.8 Å². The fourth-order valence-electron chi connectivity index (χ4n) is 1.49. The highest BCUT2D eigenvalue weighted by atomic mass is 16.5. The lowest BCUT2D eigenvalue weighted by molar-refractivity contribution is -0.127. The van der Waals surface area contributed by atoms with Gasteiger partial charge in [0.15, 0.2) is 6.10 Å². The van der Waals surface area contributed by atoms with Gasteiger partial charge in [-0.2, -0.15) is 0 Å². The molecule has 3 N–H and O–H groups in total. The molecule has 0 spiro atoms. The molecule has 0 bridgehead atoms. The van der Waals surface area contributed by atoms with Crippen molar-refractivity contribution >= 4 is 5.91 Å². The van der Waals surface area contributed by atoms with Crippen LogP contribution in [0.15, 0.2) is 24.3 Å². The standard InChI is InChI=1S/C14H18N2O2/c1-4-9-16-14(17)11(3)18-13-8-6-5-7-12(13)10(2)15/h1,5-8,10-11H,9,15H2,2-3H3,(H,16,17). The first kappa shape index (κ1) is 14.1. The molecule has 0 heterocycles. The summed E-state index contributed by atoms with van der Waals surface area (Å²) in [7, 11) is 0. The van der Waals surface area contributed by atoms with E-state index < -0.39 is 6.10 Å². The van der Waals surface area contributed by atoms with Crippen LogP contribution in [0.3, 0.4) is 0 Å². The van der Waals surface area contributed by atoms with Crippen molar-refractivity contribution in [1.29, 1.82) is 0 Å². The molecule has 0 aromatic heterocycles. The largest absolute Gasteiger partial charge is 0.481 e. The van der Waals surface area contributed by atoms with Crippen molar-refractivity contribution in [1.82, 2.24) is 5.32 Å². The van der Waals surface area contributed by atoms with Gasteiger partial charge in [-0.3, -0.25) is 4.79 Å². The Kier molecular flexibility index (Phi) is 5.22. The third-order valence-corrected chi connectivity index (χ3v) is 2.45. The Hall–Kier alpha value is -1.99. The fourth-order valence-corrected chi connectivity index (χ4v) is 1.49. The predicted molar refractivity (Wildman–Crippen MR) is 71.0 cm³/mol. The molecule has 2 atom stereocenters. The number of para-hydroxylation sites is 1. The van der Waals surface area contributed by atoms with E-state index in [-0.39, 0.29) is 18.5 Å². The van der Waals surface area contributed by atoms with Gasteiger partial charge < -0.3 is 15.8 Å². The van der Waals surface area contributed by atoms with Gasteiger partial charge in [0.05, 0.1) is 6.54 Å². The van der Waals surface area contributed by atoms with Crippen molar-refractivity contribution in [3.63, 3.8) is 0 Å². The molecule has 1 amide bonds. The predicted octanol–water partition coefficient (Wildman–Crippen LogP) is 1.22. The highest BCUT2D eigenvalue weighted by Crippen LogP contribution is 2.24. The van der Waals surface area contributed by atoms with Gasteiger partial charge in [0.25, 0.3) is 5.91 Å². The van der Waals surface area contributed by atoms with Gasteiger partial charge in [0.1, 0.15) is 5.75 Å². The number of terminal acetylenes is 1. The highest BCUT2D eigenvalue weighted by molar-refractivity contribution is 5.80. The first-order valence-electron chi connectivity index (χ1n) is 5.78. The van der Waals surface area contributed by atoms with Crippen LogP contribution in [0.5, 0.6) is 5.75 Å². The van der Waals surface area contributed by atoms with Gasteiger partial charge in [0.2, 0.25) is 0 Å². The lowest BCUT2D eigenvalue weighted by Gasteiger charge is -2.18. The van der Waals surface area contributed by atoms with E-state index in [2.05, 4.69) is 11.2 Å². The van der Waals surface area contributed by atoms with Crippen LogP contribution in [0.25, 0.3) is 0 Å². The Labute approximate surface area is 108 Å². The third kappa shape index (κ3) is 3.79.